The number of nitrogens with zero attached hydrogens (tertiary/aromatic N) is 2. The minimum atomic E-state index is -2.83. The fourth-order valence-electron chi connectivity index (χ4n) is 2.01. The SMILES string of the molecule is O=S1(=O)CCC(c2n[nH]c(C3CC3)n2)C1. The predicted molar refractivity (Wildman–Crippen MR) is 54.4 cm³/mol. The van der Waals surface area contributed by atoms with E-state index < -0.39 is 9.84 Å². The molecular formula is C9H13N3O2S. The quantitative estimate of drug-likeness (QED) is 0.802. The zero-order valence-electron chi connectivity index (χ0n) is 8.31. The number of nitrogens with one attached hydrogen (secondary N) is 1. The van der Waals surface area contributed by atoms with Crippen molar-refractivity contribution in [2.45, 2.75) is 31.1 Å². The lowest BCUT2D eigenvalue weighted by Crippen LogP contribution is -2.05. The highest BCUT2D eigenvalue weighted by Gasteiger charge is 2.33. The summed E-state index contributed by atoms with van der Waals surface area (Å²) in [6.45, 7) is 0. The lowest BCUT2D eigenvalue weighted by atomic mass is 10.1. The van der Waals surface area contributed by atoms with Gasteiger partial charge < -0.3 is 0 Å². The highest BCUT2D eigenvalue weighted by molar-refractivity contribution is 7.91. The van der Waals surface area contributed by atoms with Crippen molar-refractivity contribution in [2.75, 3.05) is 11.5 Å². The Bertz CT molecular complexity index is 475. The minimum Gasteiger partial charge on any atom is -0.263 e. The zero-order valence-corrected chi connectivity index (χ0v) is 9.13. The first kappa shape index (κ1) is 9.33. The Balaban J connectivity index is 1.81. The number of aromatic amines is 1. The van der Waals surface area contributed by atoms with Crippen molar-refractivity contribution < 1.29 is 8.42 Å². The second kappa shape index (κ2) is 3.04. The standard InChI is InChI=1S/C9H13N3O2S/c13-15(14)4-3-7(5-15)9-10-8(11-12-9)6-1-2-6/h6-7H,1-5H2,(H,10,11,12). The first-order chi connectivity index (χ1) is 7.14. The van der Waals surface area contributed by atoms with E-state index in [1.807, 2.05) is 0 Å². The van der Waals surface area contributed by atoms with Crippen molar-refractivity contribution in [2.24, 2.45) is 0 Å². The van der Waals surface area contributed by atoms with E-state index in [9.17, 15) is 8.42 Å². The van der Waals surface area contributed by atoms with E-state index in [4.69, 9.17) is 0 Å². The molecule has 0 radical (unpaired) electrons. The second-order valence-corrected chi connectivity index (χ2v) is 6.68. The average molecular weight is 227 g/mol. The van der Waals surface area contributed by atoms with Gasteiger partial charge in [-0.3, -0.25) is 5.10 Å². The molecule has 1 saturated heterocycles. The number of aromatic nitrogens is 3. The van der Waals surface area contributed by atoms with E-state index in [0.717, 1.165) is 5.82 Å². The Kier molecular flexibility index (Phi) is 1.89. The van der Waals surface area contributed by atoms with E-state index in [2.05, 4.69) is 15.2 Å². The third kappa shape index (κ3) is 1.78. The molecule has 1 aromatic heterocycles. The second-order valence-electron chi connectivity index (χ2n) is 4.45. The van der Waals surface area contributed by atoms with E-state index in [1.54, 1.807) is 0 Å². The van der Waals surface area contributed by atoms with Crippen LogP contribution in [-0.4, -0.2) is 35.1 Å². The van der Waals surface area contributed by atoms with E-state index >= 15 is 0 Å². The number of hydrogen-bond acceptors (Lipinski definition) is 4. The molecule has 15 heavy (non-hydrogen) atoms. The summed E-state index contributed by atoms with van der Waals surface area (Å²) in [6, 6.07) is 0. The number of hydrogen-bond donors (Lipinski definition) is 1. The van der Waals surface area contributed by atoms with Gasteiger partial charge in [-0.2, -0.15) is 5.10 Å². The normalized spacial score (nSPS) is 29.5. The lowest BCUT2D eigenvalue weighted by molar-refractivity contribution is 0.601. The highest BCUT2D eigenvalue weighted by Crippen LogP contribution is 2.38. The molecule has 0 aromatic carbocycles. The van der Waals surface area contributed by atoms with Gasteiger partial charge in [0.2, 0.25) is 0 Å². The fourth-order valence-corrected chi connectivity index (χ4v) is 3.75. The molecule has 1 aliphatic carbocycles. The van der Waals surface area contributed by atoms with Crippen LogP contribution >= 0.6 is 0 Å². The summed E-state index contributed by atoms with van der Waals surface area (Å²) in [6.07, 6.45) is 3.03. The molecule has 1 unspecified atom stereocenters. The van der Waals surface area contributed by atoms with E-state index in [1.165, 1.54) is 12.8 Å². The molecule has 1 saturated carbocycles. The van der Waals surface area contributed by atoms with Crippen molar-refractivity contribution in [3.05, 3.63) is 11.6 Å². The van der Waals surface area contributed by atoms with Gasteiger partial charge in [-0.05, 0) is 19.3 Å². The zero-order chi connectivity index (χ0) is 10.5. The minimum absolute atomic E-state index is 0.0127. The van der Waals surface area contributed by atoms with E-state index in [0.29, 0.717) is 18.2 Å². The van der Waals surface area contributed by atoms with Gasteiger partial charge in [0.25, 0.3) is 0 Å². The van der Waals surface area contributed by atoms with Crippen LogP contribution in [0.15, 0.2) is 0 Å². The molecule has 0 bridgehead atoms. The van der Waals surface area contributed by atoms with Gasteiger partial charge in [-0.1, -0.05) is 0 Å². The molecule has 2 heterocycles. The van der Waals surface area contributed by atoms with Crippen LogP contribution in [0.3, 0.4) is 0 Å². The van der Waals surface area contributed by atoms with Crippen molar-refractivity contribution >= 4 is 9.84 Å². The summed E-state index contributed by atoms with van der Waals surface area (Å²) >= 11 is 0. The summed E-state index contributed by atoms with van der Waals surface area (Å²) in [5.41, 5.74) is 0. The Morgan fingerprint density at radius 3 is 2.60 bits per heavy atom. The van der Waals surface area contributed by atoms with Crippen molar-refractivity contribution in [3.63, 3.8) is 0 Å². The molecular weight excluding hydrogens is 214 g/mol. The molecule has 2 fully saturated rings. The van der Waals surface area contributed by atoms with Gasteiger partial charge in [0.05, 0.1) is 11.5 Å². The lowest BCUT2D eigenvalue weighted by Gasteiger charge is -1.99. The topological polar surface area (TPSA) is 75.7 Å². The van der Waals surface area contributed by atoms with Crippen LogP contribution in [0.25, 0.3) is 0 Å². The maximum Gasteiger partial charge on any atom is 0.154 e. The third-order valence-electron chi connectivity index (χ3n) is 3.08. The van der Waals surface area contributed by atoms with Crippen LogP contribution in [-0.2, 0) is 9.84 Å². The Morgan fingerprint density at radius 2 is 2.00 bits per heavy atom. The van der Waals surface area contributed by atoms with Crippen molar-refractivity contribution in [1.29, 1.82) is 0 Å². The fraction of sp³-hybridized carbons (Fsp3) is 0.778. The first-order valence-electron chi connectivity index (χ1n) is 5.27. The molecule has 6 heteroatoms. The molecule has 0 spiro atoms. The van der Waals surface area contributed by atoms with Gasteiger partial charge in [0.1, 0.15) is 5.82 Å². The van der Waals surface area contributed by atoms with Crippen LogP contribution in [0.5, 0.6) is 0 Å². The monoisotopic (exact) mass is 227 g/mol. The Morgan fingerprint density at radius 1 is 1.20 bits per heavy atom. The van der Waals surface area contributed by atoms with Gasteiger partial charge in [-0.25, -0.2) is 13.4 Å². The summed E-state index contributed by atoms with van der Waals surface area (Å²) < 4.78 is 22.6. The molecule has 1 aromatic rings. The van der Waals surface area contributed by atoms with Crippen LogP contribution in [0, 0.1) is 0 Å². The number of rotatable bonds is 2. The van der Waals surface area contributed by atoms with Gasteiger partial charge in [0.15, 0.2) is 15.7 Å². The van der Waals surface area contributed by atoms with Crippen LogP contribution < -0.4 is 0 Å². The molecule has 5 nitrogen and oxygen atoms in total. The smallest absolute Gasteiger partial charge is 0.154 e. The van der Waals surface area contributed by atoms with Crippen molar-refractivity contribution in [3.8, 4) is 0 Å². The molecule has 3 rings (SSSR count). The summed E-state index contributed by atoms with van der Waals surface area (Å²) in [5, 5.41) is 7.04. The highest BCUT2D eigenvalue weighted by atomic mass is 32.2. The number of sulfone groups is 1. The predicted octanol–water partition coefficient (Wildman–Crippen LogP) is 0.584. The van der Waals surface area contributed by atoms with Crippen LogP contribution in [0.2, 0.25) is 0 Å². The van der Waals surface area contributed by atoms with Gasteiger partial charge >= 0.3 is 0 Å². The Labute approximate surface area is 88.2 Å². The summed E-state index contributed by atoms with van der Waals surface area (Å²) in [5.74, 6) is 2.69. The first-order valence-corrected chi connectivity index (χ1v) is 7.09. The molecule has 2 aliphatic rings. The maximum atomic E-state index is 11.3. The van der Waals surface area contributed by atoms with Gasteiger partial charge in [-0.15, -0.1) is 0 Å². The molecule has 1 N–H and O–H groups in total. The Hall–Kier alpha value is -0.910. The molecule has 1 aliphatic heterocycles. The molecule has 1 atom stereocenters. The van der Waals surface area contributed by atoms with E-state index in [-0.39, 0.29) is 17.4 Å². The molecule has 82 valence electrons. The molecule has 0 amide bonds. The maximum absolute atomic E-state index is 11.3. The van der Waals surface area contributed by atoms with Crippen LogP contribution in [0.1, 0.15) is 42.7 Å². The largest absolute Gasteiger partial charge is 0.263 e. The summed E-state index contributed by atoms with van der Waals surface area (Å²) in [4.78, 5) is 4.39. The third-order valence-corrected chi connectivity index (χ3v) is 4.85. The average Bonchev–Trinajstić information content (AvgIpc) is 2.79. The van der Waals surface area contributed by atoms with Crippen LogP contribution in [0.4, 0.5) is 0 Å². The van der Waals surface area contributed by atoms with Gasteiger partial charge in [0, 0.05) is 11.8 Å². The van der Waals surface area contributed by atoms with Crippen molar-refractivity contribution in [1.82, 2.24) is 15.2 Å². The summed E-state index contributed by atoms with van der Waals surface area (Å²) in [7, 11) is -2.83. The number of H-pyrrole nitrogens is 1.